The lowest BCUT2D eigenvalue weighted by atomic mass is 10.1. The van der Waals surface area contributed by atoms with Gasteiger partial charge in [-0.1, -0.05) is 36.4 Å². The average molecular weight is 456 g/mol. The van der Waals surface area contributed by atoms with Gasteiger partial charge >= 0.3 is 0 Å². The molecule has 34 heavy (non-hydrogen) atoms. The summed E-state index contributed by atoms with van der Waals surface area (Å²) in [5, 5.41) is 15.0. The third-order valence-electron chi connectivity index (χ3n) is 5.13. The largest absolute Gasteiger partial charge is 0.493 e. The maximum atomic E-state index is 12.4. The van der Waals surface area contributed by atoms with Gasteiger partial charge in [0.15, 0.2) is 18.1 Å². The van der Waals surface area contributed by atoms with E-state index < -0.39 is 5.91 Å². The molecule has 0 aliphatic heterocycles. The highest BCUT2D eigenvalue weighted by molar-refractivity contribution is 6.09. The SMILES string of the molecule is COc1cc(/C=C(\C#N)C(=O)Nc2ccccc2)ccc1OCC(=O)Nc1cccc(C)c1C. The van der Waals surface area contributed by atoms with E-state index in [1.807, 2.05) is 44.2 Å². The Labute approximate surface area is 198 Å². The van der Waals surface area contributed by atoms with Crippen molar-refractivity contribution >= 4 is 29.3 Å². The van der Waals surface area contributed by atoms with Crippen LogP contribution in [0.1, 0.15) is 16.7 Å². The number of hydrogen-bond donors (Lipinski definition) is 2. The van der Waals surface area contributed by atoms with Crippen molar-refractivity contribution in [1.82, 2.24) is 0 Å². The number of nitrogens with zero attached hydrogens (tertiary/aromatic N) is 1. The second kappa shape index (κ2) is 11.3. The molecular formula is C27H25N3O4. The first kappa shape index (κ1) is 24.1. The van der Waals surface area contributed by atoms with Gasteiger partial charge in [0.25, 0.3) is 11.8 Å². The zero-order valence-electron chi connectivity index (χ0n) is 19.2. The second-order valence-electron chi connectivity index (χ2n) is 7.48. The van der Waals surface area contributed by atoms with Crippen molar-refractivity contribution in [1.29, 1.82) is 5.26 Å². The van der Waals surface area contributed by atoms with E-state index in [-0.39, 0.29) is 18.1 Å². The molecular weight excluding hydrogens is 430 g/mol. The third kappa shape index (κ3) is 6.24. The van der Waals surface area contributed by atoms with Gasteiger partial charge in [-0.15, -0.1) is 0 Å². The van der Waals surface area contributed by atoms with Gasteiger partial charge in [0.05, 0.1) is 7.11 Å². The molecule has 0 unspecified atom stereocenters. The number of rotatable bonds is 8. The molecule has 0 spiro atoms. The van der Waals surface area contributed by atoms with Gasteiger partial charge in [-0.05, 0) is 66.9 Å². The van der Waals surface area contributed by atoms with Gasteiger partial charge in [0.2, 0.25) is 0 Å². The Morgan fingerprint density at radius 3 is 2.44 bits per heavy atom. The fourth-order valence-electron chi connectivity index (χ4n) is 3.14. The predicted molar refractivity (Wildman–Crippen MR) is 132 cm³/mol. The number of anilines is 2. The first-order chi connectivity index (χ1) is 16.4. The van der Waals surface area contributed by atoms with Gasteiger partial charge in [-0.2, -0.15) is 5.26 Å². The molecule has 2 N–H and O–H groups in total. The lowest BCUT2D eigenvalue weighted by molar-refractivity contribution is -0.118. The number of hydrogen-bond acceptors (Lipinski definition) is 5. The smallest absolute Gasteiger partial charge is 0.266 e. The van der Waals surface area contributed by atoms with Crippen molar-refractivity contribution in [2.45, 2.75) is 13.8 Å². The van der Waals surface area contributed by atoms with Crippen LogP contribution < -0.4 is 20.1 Å². The maximum absolute atomic E-state index is 12.4. The summed E-state index contributed by atoms with van der Waals surface area (Å²) in [6, 6.07) is 21.4. The standard InChI is InChI=1S/C27H25N3O4/c1-18-8-7-11-23(19(18)2)30-26(31)17-34-24-13-12-20(15-25(24)33-3)14-21(16-28)27(32)29-22-9-5-4-6-10-22/h4-15H,17H2,1-3H3,(H,29,32)(H,30,31)/b21-14+. The number of amides is 2. The van der Waals surface area contributed by atoms with Crippen LogP contribution in [0.3, 0.4) is 0 Å². The van der Waals surface area contributed by atoms with E-state index in [4.69, 9.17) is 9.47 Å². The molecule has 172 valence electrons. The normalized spacial score (nSPS) is 10.7. The van der Waals surface area contributed by atoms with Crippen LogP contribution in [0.15, 0.2) is 72.3 Å². The predicted octanol–water partition coefficient (Wildman–Crippen LogP) is 4.88. The molecule has 0 fully saturated rings. The minimum atomic E-state index is -0.517. The summed E-state index contributed by atoms with van der Waals surface area (Å²) in [5.41, 5.74) is 3.91. The van der Waals surface area contributed by atoms with E-state index in [1.165, 1.54) is 13.2 Å². The van der Waals surface area contributed by atoms with Gasteiger partial charge in [0.1, 0.15) is 11.6 Å². The Kier molecular flexibility index (Phi) is 8.03. The monoisotopic (exact) mass is 455 g/mol. The summed E-state index contributed by atoms with van der Waals surface area (Å²) in [6.45, 7) is 3.71. The van der Waals surface area contributed by atoms with Crippen molar-refractivity contribution in [3.63, 3.8) is 0 Å². The Hall–Kier alpha value is -4.57. The van der Waals surface area contributed by atoms with E-state index in [9.17, 15) is 14.9 Å². The van der Waals surface area contributed by atoms with E-state index in [1.54, 1.807) is 42.5 Å². The van der Waals surface area contributed by atoms with Crippen LogP contribution in [0.4, 0.5) is 11.4 Å². The molecule has 0 saturated carbocycles. The topological polar surface area (TPSA) is 100 Å². The molecule has 3 aromatic carbocycles. The van der Waals surface area contributed by atoms with Crippen molar-refractivity contribution < 1.29 is 19.1 Å². The Morgan fingerprint density at radius 1 is 0.971 bits per heavy atom. The Bertz CT molecular complexity index is 1260. The lowest BCUT2D eigenvalue weighted by Gasteiger charge is -2.13. The fraction of sp³-hybridized carbons (Fsp3) is 0.148. The van der Waals surface area contributed by atoms with Crippen LogP contribution in [0.25, 0.3) is 6.08 Å². The molecule has 0 aliphatic rings. The molecule has 0 bridgehead atoms. The molecule has 0 radical (unpaired) electrons. The van der Waals surface area contributed by atoms with Gasteiger partial charge in [-0.25, -0.2) is 0 Å². The second-order valence-corrected chi connectivity index (χ2v) is 7.48. The summed E-state index contributed by atoms with van der Waals surface area (Å²) in [6.07, 6.45) is 1.46. The molecule has 3 aromatic rings. The van der Waals surface area contributed by atoms with Crippen molar-refractivity contribution in [2.75, 3.05) is 24.4 Å². The minimum Gasteiger partial charge on any atom is -0.493 e. The molecule has 2 amide bonds. The molecule has 0 aliphatic carbocycles. The van der Waals surface area contributed by atoms with Gasteiger partial charge in [-0.3, -0.25) is 9.59 Å². The average Bonchev–Trinajstić information content (AvgIpc) is 2.84. The quantitative estimate of drug-likeness (QED) is 0.373. The van der Waals surface area contributed by atoms with E-state index in [0.717, 1.165) is 16.8 Å². The van der Waals surface area contributed by atoms with E-state index in [2.05, 4.69) is 10.6 Å². The number of para-hydroxylation sites is 1. The van der Waals surface area contributed by atoms with Crippen LogP contribution in [0.2, 0.25) is 0 Å². The molecule has 7 heteroatoms. The summed E-state index contributed by atoms with van der Waals surface area (Å²) < 4.78 is 11.0. The summed E-state index contributed by atoms with van der Waals surface area (Å²) in [5.74, 6) is -0.0859. The van der Waals surface area contributed by atoms with E-state index >= 15 is 0 Å². The zero-order valence-corrected chi connectivity index (χ0v) is 19.2. The molecule has 0 aromatic heterocycles. The first-order valence-electron chi connectivity index (χ1n) is 10.6. The summed E-state index contributed by atoms with van der Waals surface area (Å²) >= 11 is 0. The van der Waals surface area contributed by atoms with E-state index in [0.29, 0.717) is 22.7 Å². The number of benzene rings is 3. The van der Waals surface area contributed by atoms with Crippen molar-refractivity contribution in [2.24, 2.45) is 0 Å². The van der Waals surface area contributed by atoms with Crippen LogP contribution in [0, 0.1) is 25.2 Å². The number of nitriles is 1. The summed E-state index contributed by atoms with van der Waals surface area (Å²) in [7, 11) is 1.47. The number of ether oxygens (including phenoxy) is 2. The number of carbonyl (C=O) groups is 2. The van der Waals surface area contributed by atoms with Gasteiger partial charge in [0, 0.05) is 11.4 Å². The fourth-order valence-corrected chi connectivity index (χ4v) is 3.14. The maximum Gasteiger partial charge on any atom is 0.266 e. The van der Waals surface area contributed by atoms with Crippen molar-refractivity contribution in [3.8, 4) is 17.6 Å². The van der Waals surface area contributed by atoms with Crippen LogP contribution in [0.5, 0.6) is 11.5 Å². The highest BCUT2D eigenvalue weighted by atomic mass is 16.5. The highest BCUT2D eigenvalue weighted by Gasteiger charge is 2.13. The van der Waals surface area contributed by atoms with Crippen molar-refractivity contribution in [3.05, 3.63) is 89.0 Å². The number of aryl methyl sites for hydroxylation is 1. The number of methoxy groups -OCH3 is 1. The molecule has 0 atom stereocenters. The van der Waals surface area contributed by atoms with Gasteiger partial charge < -0.3 is 20.1 Å². The molecule has 3 rings (SSSR count). The molecule has 7 nitrogen and oxygen atoms in total. The lowest BCUT2D eigenvalue weighted by Crippen LogP contribution is -2.21. The minimum absolute atomic E-state index is 0.0625. The molecule has 0 saturated heterocycles. The Morgan fingerprint density at radius 2 is 1.74 bits per heavy atom. The Balaban J connectivity index is 1.68. The number of carbonyl (C=O) groups excluding carboxylic acids is 2. The van der Waals surface area contributed by atoms with Crippen LogP contribution >= 0.6 is 0 Å². The van der Waals surface area contributed by atoms with Crippen LogP contribution in [-0.4, -0.2) is 25.5 Å². The molecule has 0 heterocycles. The third-order valence-corrected chi connectivity index (χ3v) is 5.13. The zero-order chi connectivity index (χ0) is 24.5. The summed E-state index contributed by atoms with van der Waals surface area (Å²) in [4.78, 5) is 24.8. The van der Waals surface area contributed by atoms with Crippen LogP contribution in [-0.2, 0) is 9.59 Å². The highest BCUT2D eigenvalue weighted by Crippen LogP contribution is 2.29. The number of nitrogens with one attached hydrogen (secondary N) is 2. The first-order valence-corrected chi connectivity index (χ1v) is 10.6.